The van der Waals surface area contributed by atoms with Gasteiger partial charge in [-0.15, -0.1) is 11.3 Å². The Labute approximate surface area is 106 Å². The average Bonchev–Trinajstić information content (AvgIpc) is 2.74. The lowest BCUT2D eigenvalue weighted by atomic mass is 9.96. The number of fused-ring (bicyclic) bond motifs is 1. The van der Waals surface area contributed by atoms with E-state index in [0.29, 0.717) is 5.92 Å². The molecule has 1 aromatic heterocycles. The maximum absolute atomic E-state index is 7.50. The van der Waals surface area contributed by atoms with E-state index in [-0.39, 0.29) is 5.84 Å². The van der Waals surface area contributed by atoms with Gasteiger partial charge < -0.3 is 5.73 Å². The van der Waals surface area contributed by atoms with E-state index < -0.39 is 0 Å². The van der Waals surface area contributed by atoms with Gasteiger partial charge in [-0.3, -0.25) is 5.41 Å². The van der Waals surface area contributed by atoms with E-state index in [9.17, 15) is 0 Å². The average molecular weight is 246 g/mol. The number of benzene rings is 1. The van der Waals surface area contributed by atoms with E-state index in [0.717, 1.165) is 11.3 Å². The minimum absolute atomic E-state index is 0.167. The first-order valence-electron chi connectivity index (χ1n) is 5.97. The molecule has 0 saturated heterocycles. The van der Waals surface area contributed by atoms with Crippen molar-refractivity contribution in [1.29, 1.82) is 5.41 Å². The normalized spacial score (nSPS) is 12.8. The molecule has 2 rings (SSSR count). The van der Waals surface area contributed by atoms with E-state index in [2.05, 4.69) is 38.1 Å². The van der Waals surface area contributed by atoms with Crippen LogP contribution in [0.25, 0.3) is 10.1 Å². The summed E-state index contributed by atoms with van der Waals surface area (Å²) in [5.41, 5.74) is 6.92. The number of nitrogen functional groups attached to an aromatic ring is 1. The van der Waals surface area contributed by atoms with Crippen LogP contribution in [0.1, 0.15) is 30.7 Å². The SMILES string of the molecule is CCC(C)Cc1cccc2sc(C(=N)N)cc12. The van der Waals surface area contributed by atoms with Crippen molar-refractivity contribution in [2.24, 2.45) is 11.7 Å². The van der Waals surface area contributed by atoms with Crippen LogP contribution in [0.5, 0.6) is 0 Å². The second-order valence-electron chi connectivity index (χ2n) is 4.57. The summed E-state index contributed by atoms with van der Waals surface area (Å²) in [4.78, 5) is 0.872. The Morgan fingerprint density at radius 1 is 1.47 bits per heavy atom. The summed E-state index contributed by atoms with van der Waals surface area (Å²) in [6, 6.07) is 8.44. The van der Waals surface area contributed by atoms with Crippen LogP contribution in [0, 0.1) is 11.3 Å². The highest BCUT2D eigenvalue weighted by Gasteiger charge is 2.09. The van der Waals surface area contributed by atoms with E-state index in [1.54, 1.807) is 11.3 Å². The van der Waals surface area contributed by atoms with Gasteiger partial charge in [0, 0.05) is 4.70 Å². The van der Waals surface area contributed by atoms with Gasteiger partial charge >= 0.3 is 0 Å². The summed E-state index contributed by atoms with van der Waals surface area (Å²) < 4.78 is 1.23. The van der Waals surface area contributed by atoms with Gasteiger partial charge in [0.05, 0.1) is 4.88 Å². The van der Waals surface area contributed by atoms with Crippen LogP contribution in [-0.4, -0.2) is 5.84 Å². The van der Waals surface area contributed by atoms with Crippen LogP contribution in [0.3, 0.4) is 0 Å². The lowest BCUT2D eigenvalue weighted by molar-refractivity contribution is 0.562. The van der Waals surface area contributed by atoms with Crippen molar-refractivity contribution < 1.29 is 0 Å². The molecule has 2 aromatic rings. The first-order chi connectivity index (χ1) is 8.11. The molecule has 0 aliphatic heterocycles. The Hall–Kier alpha value is -1.35. The molecule has 90 valence electrons. The Balaban J connectivity index is 2.45. The third kappa shape index (κ3) is 2.50. The molecule has 0 aliphatic rings. The van der Waals surface area contributed by atoms with E-state index in [1.807, 2.05) is 0 Å². The van der Waals surface area contributed by atoms with Crippen molar-refractivity contribution >= 4 is 27.3 Å². The Kier molecular flexibility index (Phi) is 3.48. The molecule has 2 nitrogen and oxygen atoms in total. The van der Waals surface area contributed by atoms with Crippen molar-refractivity contribution in [2.75, 3.05) is 0 Å². The van der Waals surface area contributed by atoms with Gasteiger partial charge in [0.15, 0.2) is 0 Å². The number of amidine groups is 1. The van der Waals surface area contributed by atoms with Gasteiger partial charge in [0.1, 0.15) is 5.84 Å². The van der Waals surface area contributed by atoms with Crippen molar-refractivity contribution in [3.8, 4) is 0 Å². The van der Waals surface area contributed by atoms with Gasteiger partial charge in [-0.25, -0.2) is 0 Å². The summed E-state index contributed by atoms with van der Waals surface area (Å²) in [5.74, 6) is 0.863. The summed E-state index contributed by atoms with van der Waals surface area (Å²) in [6.07, 6.45) is 2.29. The molecular weight excluding hydrogens is 228 g/mol. The van der Waals surface area contributed by atoms with Crippen LogP contribution in [0.4, 0.5) is 0 Å². The number of nitrogens with two attached hydrogens (primary N) is 1. The molecule has 0 spiro atoms. The van der Waals surface area contributed by atoms with Crippen molar-refractivity contribution in [3.05, 3.63) is 34.7 Å². The number of nitrogens with one attached hydrogen (secondary N) is 1. The second kappa shape index (κ2) is 4.88. The first kappa shape index (κ1) is 12.1. The van der Waals surface area contributed by atoms with E-state index in [1.165, 1.54) is 22.1 Å². The fraction of sp³-hybridized carbons (Fsp3) is 0.357. The molecule has 17 heavy (non-hydrogen) atoms. The maximum Gasteiger partial charge on any atom is 0.133 e. The predicted octanol–water partition coefficient (Wildman–Crippen LogP) is 3.77. The Morgan fingerprint density at radius 3 is 2.88 bits per heavy atom. The maximum atomic E-state index is 7.50. The predicted molar refractivity (Wildman–Crippen MR) is 76.0 cm³/mol. The zero-order valence-corrected chi connectivity index (χ0v) is 11.1. The molecule has 0 amide bonds. The lowest BCUT2D eigenvalue weighted by Crippen LogP contribution is -2.08. The molecule has 1 heterocycles. The molecule has 1 atom stereocenters. The monoisotopic (exact) mass is 246 g/mol. The highest BCUT2D eigenvalue weighted by atomic mass is 32.1. The summed E-state index contributed by atoms with van der Waals surface area (Å²) in [5, 5.41) is 8.77. The third-order valence-electron chi connectivity index (χ3n) is 3.18. The molecule has 0 radical (unpaired) electrons. The minimum Gasteiger partial charge on any atom is -0.383 e. The quantitative estimate of drug-likeness (QED) is 0.626. The number of hydrogen-bond acceptors (Lipinski definition) is 2. The van der Waals surface area contributed by atoms with Crippen LogP contribution in [0.2, 0.25) is 0 Å². The Morgan fingerprint density at radius 2 is 2.24 bits per heavy atom. The number of thiophene rings is 1. The fourth-order valence-corrected chi connectivity index (χ4v) is 2.92. The lowest BCUT2D eigenvalue weighted by Gasteiger charge is -2.09. The van der Waals surface area contributed by atoms with Crippen molar-refractivity contribution in [3.63, 3.8) is 0 Å². The van der Waals surface area contributed by atoms with E-state index in [4.69, 9.17) is 11.1 Å². The summed E-state index contributed by atoms with van der Waals surface area (Å²) >= 11 is 1.60. The zero-order chi connectivity index (χ0) is 12.4. The van der Waals surface area contributed by atoms with Gasteiger partial charge in [0.25, 0.3) is 0 Å². The van der Waals surface area contributed by atoms with Crippen molar-refractivity contribution in [1.82, 2.24) is 0 Å². The van der Waals surface area contributed by atoms with Gasteiger partial charge in [0.2, 0.25) is 0 Å². The first-order valence-corrected chi connectivity index (χ1v) is 6.79. The second-order valence-corrected chi connectivity index (χ2v) is 5.65. The van der Waals surface area contributed by atoms with Crippen LogP contribution in [0.15, 0.2) is 24.3 Å². The smallest absolute Gasteiger partial charge is 0.133 e. The highest BCUT2D eigenvalue weighted by molar-refractivity contribution is 7.20. The van der Waals surface area contributed by atoms with Crippen molar-refractivity contribution in [2.45, 2.75) is 26.7 Å². The standard InChI is InChI=1S/C14H18N2S/c1-3-9(2)7-10-5-4-6-12-11(10)8-13(17-12)14(15)16/h4-6,8-9H,3,7H2,1-2H3,(H3,15,16). The van der Waals surface area contributed by atoms with Gasteiger partial charge in [-0.2, -0.15) is 0 Å². The topological polar surface area (TPSA) is 49.9 Å². The van der Waals surface area contributed by atoms with Crippen LogP contribution in [-0.2, 0) is 6.42 Å². The highest BCUT2D eigenvalue weighted by Crippen LogP contribution is 2.29. The molecule has 0 aliphatic carbocycles. The Bertz CT molecular complexity index is 542. The zero-order valence-electron chi connectivity index (χ0n) is 10.3. The molecule has 1 aromatic carbocycles. The largest absolute Gasteiger partial charge is 0.383 e. The molecule has 3 heteroatoms. The van der Waals surface area contributed by atoms with Crippen LogP contribution < -0.4 is 5.73 Å². The molecule has 0 fully saturated rings. The van der Waals surface area contributed by atoms with E-state index >= 15 is 0 Å². The molecule has 0 bridgehead atoms. The molecule has 3 N–H and O–H groups in total. The summed E-state index contributed by atoms with van der Waals surface area (Å²) in [6.45, 7) is 4.50. The molecular formula is C14H18N2S. The third-order valence-corrected chi connectivity index (χ3v) is 4.32. The number of hydrogen-bond donors (Lipinski definition) is 2. The fourth-order valence-electron chi connectivity index (χ4n) is 1.95. The summed E-state index contributed by atoms with van der Waals surface area (Å²) in [7, 11) is 0. The van der Waals surface area contributed by atoms with Gasteiger partial charge in [-0.1, -0.05) is 32.4 Å². The minimum atomic E-state index is 0.167. The molecule has 0 saturated carbocycles. The van der Waals surface area contributed by atoms with Crippen LogP contribution >= 0.6 is 11.3 Å². The van der Waals surface area contributed by atoms with Gasteiger partial charge in [-0.05, 0) is 35.4 Å². The number of rotatable bonds is 4. The molecule has 1 unspecified atom stereocenters.